The van der Waals surface area contributed by atoms with Gasteiger partial charge in [-0.3, -0.25) is 0 Å². The van der Waals surface area contributed by atoms with Crippen molar-refractivity contribution in [3.05, 3.63) is 0 Å². The standard InChI is InChI=1S/C16H33N3/c17-15-9-7-14(8-10-15)13-18-11-4-12-19-16-5-2-1-3-6-16/h14-16,18-19H,1-13,17H2. The molecule has 112 valence electrons. The van der Waals surface area contributed by atoms with E-state index < -0.39 is 0 Å². The Hall–Kier alpha value is -0.120. The molecule has 0 saturated heterocycles. The first kappa shape index (κ1) is 15.3. The molecule has 2 aliphatic rings. The van der Waals surface area contributed by atoms with E-state index in [4.69, 9.17) is 5.73 Å². The lowest BCUT2D eigenvalue weighted by Gasteiger charge is -2.26. The van der Waals surface area contributed by atoms with Crippen LogP contribution >= 0.6 is 0 Å². The lowest BCUT2D eigenvalue weighted by Crippen LogP contribution is -2.34. The van der Waals surface area contributed by atoms with E-state index in [-0.39, 0.29) is 0 Å². The quantitative estimate of drug-likeness (QED) is 0.621. The smallest absolute Gasteiger partial charge is 0.00670 e. The number of nitrogens with two attached hydrogens (primary N) is 1. The molecule has 0 amide bonds. The van der Waals surface area contributed by atoms with E-state index in [0.29, 0.717) is 6.04 Å². The SMILES string of the molecule is NC1CCC(CNCCCNC2CCCCC2)CC1. The Labute approximate surface area is 119 Å². The van der Waals surface area contributed by atoms with Crippen molar-refractivity contribution in [1.82, 2.24) is 10.6 Å². The van der Waals surface area contributed by atoms with Crippen molar-refractivity contribution in [3.63, 3.8) is 0 Å². The summed E-state index contributed by atoms with van der Waals surface area (Å²) in [6.07, 6.45) is 13.5. The summed E-state index contributed by atoms with van der Waals surface area (Å²) in [5.41, 5.74) is 5.93. The maximum atomic E-state index is 5.93. The van der Waals surface area contributed by atoms with Crippen molar-refractivity contribution in [1.29, 1.82) is 0 Å². The predicted molar refractivity (Wildman–Crippen MR) is 82.3 cm³/mol. The van der Waals surface area contributed by atoms with Crippen LogP contribution in [0.25, 0.3) is 0 Å². The highest BCUT2D eigenvalue weighted by atomic mass is 14.9. The highest BCUT2D eigenvalue weighted by molar-refractivity contribution is 4.76. The van der Waals surface area contributed by atoms with Crippen LogP contribution in [0, 0.1) is 5.92 Å². The number of hydrogen-bond donors (Lipinski definition) is 3. The average molecular weight is 267 g/mol. The Kier molecular flexibility index (Phi) is 7.18. The number of rotatable bonds is 7. The molecule has 0 bridgehead atoms. The Morgan fingerprint density at radius 1 is 0.842 bits per heavy atom. The maximum absolute atomic E-state index is 5.93. The lowest BCUT2D eigenvalue weighted by molar-refractivity contribution is 0.313. The Bertz CT molecular complexity index is 218. The monoisotopic (exact) mass is 267 g/mol. The molecule has 2 aliphatic carbocycles. The molecule has 0 aliphatic heterocycles. The lowest BCUT2D eigenvalue weighted by atomic mass is 9.86. The topological polar surface area (TPSA) is 50.1 Å². The molecule has 3 heteroatoms. The zero-order chi connectivity index (χ0) is 13.3. The van der Waals surface area contributed by atoms with Crippen LogP contribution < -0.4 is 16.4 Å². The van der Waals surface area contributed by atoms with Crippen molar-refractivity contribution in [2.24, 2.45) is 11.7 Å². The normalized spacial score (nSPS) is 29.5. The molecular weight excluding hydrogens is 234 g/mol. The zero-order valence-electron chi connectivity index (χ0n) is 12.5. The van der Waals surface area contributed by atoms with E-state index >= 15 is 0 Å². The number of hydrogen-bond acceptors (Lipinski definition) is 3. The molecule has 0 atom stereocenters. The molecule has 2 rings (SSSR count). The summed E-state index contributed by atoms with van der Waals surface area (Å²) >= 11 is 0. The van der Waals surface area contributed by atoms with E-state index in [1.165, 1.54) is 83.8 Å². The summed E-state index contributed by atoms with van der Waals surface area (Å²) in [4.78, 5) is 0. The van der Waals surface area contributed by atoms with E-state index in [1.807, 2.05) is 0 Å². The minimum Gasteiger partial charge on any atom is -0.328 e. The molecule has 0 radical (unpaired) electrons. The Morgan fingerprint density at radius 2 is 1.58 bits per heavy atom. The van der Waals surface area contributed by atoms with Gasteiger partial charge in [-0.2, -0.15) is 0 Å². The van der Waals surface area contributed by atoms with Crippen LogP contribution in [0.1, 0.15) is 64.2 Å². The average Bonchev–Trinajstić information content (AvgIpc) is 2.46. The molecule has 0 aromatic rings. The molecule has 2 saturated carbocycles. The highest BCUT2D eigenvalue weighted by Gasteiger charge is 2.17. The minimum absolute atomic E-state index is 0.482. The van der Waals surface area contributed by atoms with Crippen LogP contribution in [0.4, 0.5) is 0 Å². The predicted octanol–water partition coefficient (Wildman–Crippen LogP) is 2.41. The first-order valence-corrected chi connectivity index (χ1v) is 8.54. The van der Waals surface area contributed by atoms with Gasteiger partial charge in [0, 0.05) is 12.1 Å². The highest BCUT2D eigenvalue weighted by Crippen LogP contribution is 2.22. The van der Waals surface area contributed by atoms with Crippen LogP contribution in [0.3, 0.4) is 0 Å². The van der Waals surface area contributed by atoms with Gasteiger partial charge in [0.2, 0.25) is 0 Å². The molecule has 0 aromatic carbocycles. The molecular formula is C16H33N3. The van der Waals surface area contributed by atoms with E-state index in [0.717, 1.165) is 12.0 Å². The molecule has 0 aromatic heterocycles. The summed E-state index contributed by atoms with van der Waals surface area (Å²) in [5.74, 6) is 0.881. The summed E-state index contributed by atoms with van der Waals surface area (Å²) in [6, 6.07) is 1.30. The van der Waals surface area contributed by atoms with Crippen molar-refractivity contribution < 1.29 is 0 Å². The van der Waals surface area contributed by atoms with Gasteiger partial charge in [0.25, 0.3) is 0 Å². The Morgan fingerprint density at radius 3 is 2.32 bits per heavy atom. The van der Waals surface area contributed by atoms with Crippen LogP contribution in [-0.4, -0.2) is 31.7 Å². The largest absolute Gasteiger partial charge is 0.328 e. The van der Waals surface area contributed by atoms with E-state index in [1.54, 1.807) is 0 Å². The van der Waals surface area contributed by atoms with Crippen molar-refractivity contribution in [2.75, 3.05) is 19.6 Å². The van der Waals surface area contributed by atoms with E-state index in [2.05, 4.69) is 10.6 Å². The van der Waals surface area contributed by atoms with Gasteiger partial charge >= 0.3 is 0 Å². The van der Waals surface area contributed by atoms with E-state index in [9.17, 15) is 0 Å². The fourth-order valence-corrected chi connectivity index (χ4v) is 3.52. The molecule has 0 unspecified atom stereocenters. The first-order chi connectivity index (χ1) is 9.34. The zero-order valence-corrected chi connectivity index (χ0v) is 12.5. The van der Waals surface area contributed by atoms with Crippen molar-refractivity contribution in [3.8, 4) is 0 Å². The summed E-state index contributed by atoms with van der Waals surface area (Å²) in [6.45, 7) is 3.56. The molecule has 0 heterocycles. The van der Waals surface area contributed by atoms with Crippen molar-refractivity contribution in [2.45, 2.75) is 76.3 Å². The first-order valence-electron chi connectivity index (χ1n) is 8.54. The van der Waals surface area contributed by atoms with Gasteiger partial charge < -0.3 is 16.4 Å². The summed E-state index contributed by atoms with van der Waals surface area (Å²) < 4.78 is 0. The number of nitrogens with one attached hydrogen (secondary N) is 2. The third kappa shape index (κ3) is 6.24. The molecule has 4 N–H and O–H groups in total. The minimum atomic E-state index is 0.482. The van der Waals surface area contributed by atoms with Gasteiger partial charge in [0.05, 0.1) is 0 Å². The molecule has 0 spiro atoms. The third-order valence-electron chi connectivity index (χ3n) is 4.89. The molecule has 2 fully saturated rings. The van der Waals surface area contributed by atoms with Crippen LogP contribution in [0.5, 0.6) is 0 Å². The fraction of sp³-hybridized carbons (Fsp3) is 1.00. The second-order valence-electron chi connectivity index (χ2n) is 6.63. The van der Waals surface area contributed by atoms with Crippen LogP contribution in [-0.2, 0) is 0 Å². The second kappa shape index (κ2) is 8.93. The summed E-state index contributed by atoms with van der Waals surface area (Å²) in [5, 5.41) is 7.34. The van der Waals surface area contributed by atoms with Gasteiger partial charge in [-0.05, 0) is 70.5 Å². The Balaban J connectivity index is 1.39. The van der Waals surface area contributed by atoms with Gasteiger partial charge in [-0.1, -0.05) is 19.3 Å². The van der Waals surface area contributed by atoms with Gasteiger partial charge in [-0.25, -0.2) is 0 Å². The van der Waals surface area contributed by atoms with Crippen LogP contribution in [0.15, 0.2) is 0 Å². The fourth-order valence-electron chi connectivity index (χ4n) is 3.52. The van der Waals surface area contributed by atoms with Crippen molar-refractivity contribution >= 4 is 0 Å². The van der Waals surface area contributed by atoms with Gasteiger partial charge in [-0.15, -0.1) is 0 Å². The van der Waals surface area contributed by atoms with Gasteiger partial charge in [0.15, 0.2) is 0 Å². The van der Waals surface area contributed by atoms with Crippen LogP contribution in [0.2, 0.25) is 0 Å². The molecule has 19 heavy (non-hydrogen) atoms. The van der Waals surface area contributed by atoms with Gasteiger partial charge in [0.1, 0.15) is 0 Å². The second-order valence-corrected chi connectivity index (χ2v) is 6.63. The third-order valence-corrected chi connectivity index (χ3v) is 4.89. The molecule has 3 nitrogen and oxygen atoms in total. The summed E-state index contributed by atoms with van der Waals surface area (Å²) in [7, 11) is 0. The maximum Gasteiger partial charge on any atom is 0.00670 e.